The molecule has 0 fully saturated rings. The fraction of sp³-hybridized carbons (Fsp3) is 0.462. The lowest BCUT2D eigenvalue weighted by Crippen LogP contribution is -2.28. The van der Waals surface area contributed by atoms with Crippen molar-refractivity contribution in [2.24, 2.45) is 7.05 Å². The van der Waals surface area contributed by atoms with Gasteiger partial charge in [0.1, 0.15) is 5.69 Å². The van der Waals surface area contributed by atoms with Crippen molar-refractivity contribution in [3.05, 3.63) is 35.4 Å². The molecule has 19 heavy (non-hydrogen) atoms. The summed E-state index contributed by atoms with van der Waals surface area (Å²) in [5, 5.41) is 11.5. The van der Waals surface area contributed by atoms with Gasteiger partial charge >= 0.3 is 0 Å². The van der Waals surface area contributed by atoms with Gasteiger partial charge in [-0.3, -0.25) is 14.2 Å². The molecule has 2 aromatic heterocycles. The van der Waals surface area contributed by atoms with Crippen LogP contribution in [0.3, 0.4) is 0 Å². The van der Waals surface area contributed by atoms with Crippen molar-refractivity contribution in [3.63, 3.8) is 0 Å². The molecule has 2 heterocycles. The molecule has 1 atom stereocenters. The molecule has 6 nitrogen and oxygen atoms in total. The summed E-state index contributed by atoms with van der Waals surface area (Å²) in [5.41, 5.74) is 2.24. The Balaban J connectivity index is 2.08. The van der Waals surface area contributed by atoms with Gasteiger partial charge in [-0.15, -0.1) is 0 Å². The second-order valence-electron chi connectivity index (χ2n) is 4.59. The first kappa shape index (κ1) is 13.3. The number of carbonyl (C=O) groups excluding carboxylic acids is 1. The average molecular weight is 261 g/mol. The van der Waals surface area contributed by atoms with Gasteiger partial charge in [-0.05, 0) is 32.9 Å². The normalized spacial score (nSPS) is 12.4. The highest BCUT2D eigenvalue weighted by Gasteiger charge is 2.16. The monoisotopic (exact) mass is 261 g/mol. The number of aryl methyl sites for hydroxylation is 3. The fourth-order valence-electron chi connectivity index (χ4n) is 1.95. The van der Waals surface area contributed by atoms with Gasteiger partial charge in [-0.25, -0.2) is 0 Å². The highest BCUT2D eigenvalue weighted by molar-refractivity contribution is 5.92. The van der Waals surface area contributed by atoms with Crippen LogP contribution in [0.2, 0.25) is 0 Å². The standard InChI is InChI=1S/C13H19N5O/c1-5-18-7-6-11(16-18)10(3)14-13(19)12-8-9(2)15-17(12)4/h6-8,10H,5H2,1-4H3,(H,14,19). The molecule has 2 rings (SSSR count). The maximum atomic E-state index is 12.1. The van der Waals surface area contributed by atoms with Crippen molar-refractivity contribution in [2.45, 2.75) is 33.4 Å². The van der Waals surface area contributed by atoms with Crippen molar-refractivity contribution < 1.29 is 4.79 Å². The van der Waals surface area contributed by atoms with Crippen molar-refractivity contribution >= 4 is 5.91 Å². The first-order valence-electron chi connectivity index (χ1n) is 6.36. The largest absolute Gasteiger partial charge is 0.343 e. The van der Waals surface area contributed by atoms with Crippen LogP contribution in [0.15, 0.2) is 18.3 Å². The molecular weight excluding hydrogens is 242 g/mol. The maximum Gasteiger partial charge on any atom is 0.270 e. The van der Waals surface area contributed by atoms with Gasteiger partial charge in [0.15, 0.2) is 0 Å². The highest BCUT2D eigenvalue weighted by atomic mass is 16.2. The van der Waals surface area contributed by atoms with Crippen molar-refractivity contribution in [2.75, 3.05) is 0 Å². The lowest BCUT2D eigenvalue weighted by atomic mass is 10.2. The van der Waals surface area contributed by atoms with E-state index in [1.54, 1.807) is 17.8 Å². The predicted octanol–water partition coefficient (Wildman–Crippen LogP) is 1.44. The van der Waals surface area contributed by atoms with Gasteiger partial charge < -0.3 is 5.32 Å². The molecule has 2 aromatic rings. The molecule has 1 N–H and O–H groups in total. The third-order valence-electron chi connectivity index (χ3n) is 3.01. The van der Waals surface area contributed by atoms with Crippen LogP contribution in [0, 0.1) is 6.92 Å². The summed E-state index contributed by atoms with van der Waals surface area (Å²) in [7, 11) is 1.76. The molecular formula is C13H19N5O. The lowest BCUT2D eigenvalue weighted by Gasteiger charge is -2.11. The smallest absolute Gasteiger partial charge is 0.270 e. The van der Waals surface area contributed by atoms with Gasteiger partial charge in [0, 0.05) is 19.8 Å². The van der Waals surface area contributed by atoms with E-state index in [2.05, 4.69) is 15.5 Å². The van der Waals surface area contributed by atoms with Crippen LogP contribution < -0.4 is 5.32 Å². The van der Waals surface area contributed by atoms with Gasteiger partial charge in [-0.2, -0.15) is 10.2 Å². The quantitative estimate of drug-likeness (QED) is 0.905. The van der Waals surface area contributed by atoms with E-state index in [1.165, 1.54) is 0 Å². The summed E-state index contributed by atoms with van der Waals surface area (Å²) in [6.07, 6.45) is 1.91. The Labute approximate surface area is 112 Å². The van der Waals surface area contributed by atoms with E-state index in [1.807, 2.05) is 37.7 Å². The van der Waals surface area contributed by atoms with E-state index in [0.29, 0.717) is 5.69 Å². The zero-order chi connectivity index (χ0) is 14.0. The molecule has 0 aliphatic rings. The Kier molecular flexibility index (Phi) is 3.69. The summed E-state index contributed by atoms with van der Waals surface area (Å²) in [6, 6.07) is 3.56. The Morgan fingerprint density at radius 2 is 2.21 bits per heavy atom. The Morgan fingerprint density at radius 1 is 1.47 bits per heavy atom. The van der Waals surface area contributed by atoms with E-state index in [9.17, 15) is 4.79 Å². The van der Waals surface area contributed by atoms with Crippen LogP contribution in [-0.4, -0.2) is 25.5 Å². The third-order valence-corrected chi connectivity index (χ3v) is 3.01. The van der Waals surface area contributed by atoms with Crippen molar-refractivity contribution in [1.29, 1.82) is 0 Å². The highest BCUT2D eigenvalue weighted by Crippen LogP contribution is 2.11. The fourth-order valence-corrected chi connectivity index (χ4v) is 1.95. The molecule has 0 saturated carbocycles. The second-order valence-corrected chi connectivity index (χ2v) is 4.59. The molecule has 6 heteroatoms. The van der Waals surface area contributed by atoms with Crippen LogP contribution in [0.5, 0.6) is 0 Å². The maximum absolute atomic E-state index is 12.1. The van der Waals surface area contributed by atoms with E-state index in [-0.39, 0.29) is 11.9 Å². The number of carbonyl (C=O) groups is 1. The Morgan fingerprint density at radius 3 is 2.74 bits per heavy atom. The van der Waals surface area contributed by atoms with Gasteiger partial charge in [0.2, 0.25) is 0 Å². The number of hydrogen-bond donors (Lipinski definition) is 1. The van der Waals surface area contributed by atoms with Crippen LogP contribution in [0.1, 0.15) is 41.8 Å². The average Bonchev–Trinajstić information content (AvgIpc) is 2.95. The summed E-state index contributed by atoms with van der Waals surface area (Å²) in [4.78, 5) is 12.1. The first-order chi connectivity index (χ1) is 9.01. The summed E-state index contributed by atoms with van der Waals surface area (Å²) in [6.45, 7) is 6.63. The lowest BCUT2D eigenvalue weighted by molar-refractivity contribution is 0.0929. The van der Waals surface area contributed by atoms with Crippen LogP contribution >= 0.6 is 0 Å². The Bertz CT molecular complexity index is 584. The number of nitrogens with zero attached hydrogens (tertiary/aromatic N) is 4. The van der Waals surface area contributed by atoms with E-state index in [0.717, 1.165) is 17.9 Å². The summed E-state index contributed by atoms with van der Waals surface area (Å²) in [5.74, 6) is -0.137. The minimum absolute atomic E-state index is 0.129. The van der Waals surface area contributed by atoms with Crippen LogP contribution in [0.4, 0.5) is 0 Å². The van der Waals surface area contributed by atoms with Crippen molar-refractivity contribution in [3.8, 4) is 0 Å². The molecule has 0 bridgehead atoms. The topological polar surface area (TPSA) is 64.7 Å². The van der Waals surface area contributed by atoms with Crippen LogP contribution in [-0.2, 0) is 13.6 Å². The summed E-state index contributed by atoms with van der Waals surface area (Å²) >= 11 is 0. The molecule has 0 aromatic carbocycles. The minimum Gasteiger partial charge on any atom is -0.343 e. The van der Waals surface area contributed by atoms with E-state index < -0.39 is 0 Å². The van der Waals surface area contributed by atoms with Gasteiger partial charge in [0.05, 0.1) is 17.4 Å². The SMILES string of the molecule is CCn1ccc(C(C)NC(=O)c2cc(C)nn2C)n1. The van der Waals surface area contributed by atoms with E-state index >= 15 is 0 Å². The van der Waals surface area contributed by atoms with Crippen LogP contribution in [0.25, 0.3) is 0 Å². The first-order valence-corrected chi connectivity index (χ1v) is 6.36. The third kappa shape index (κ3) is 2.83. The number of amides is 1. The summed E-state index contributed by atoms with van der Waals surface area (Å²) < 4.78 is 3.42. The number of nitrogens with one attached hydrogen (secondary N) is 1. The number of aromatic nitrogens is 4. The number of rotatable bonds is 4. The van der Waals surface area contributed by atoms with E-state index in [4.69, 9.17) is 0 Å². The molecule has 0 spiro atoms. The van der Waals surface area contributed by atoms with Gasteiger partial charge in [0.25, 0.3) is 5.91 Å². The molecule has 102 valence electrons. The zero-order valence-electron chi connectivity index (χ0n) is 11.7. The zero-order valence-corrected chi connectivity index (χ0v) is 11.7. The minimum atomic E-state index is -0.137. The van der Waals surface area contributed by atoms with Crippen molar-refractivity contribution in [1.82, 2.24) is 24.9 Å². The molecule has 0 aliphatic carbocycles. The predicted molar refractivity (Wildman–Crippen MR) is 71.7 cm³/mol. The number of hydrogen-bond acceptors (Lipinski definition) is 3. The second kappa shape index (κ2) is 5.26. The molecule has 0 aliphatic heterocycles. The molecule has 0 saturated heterocycles. The molecule has 1 unspecified atom stereocenters. The molecule has 1 amide bonds. The molecule has 0 radical (unpaired) electrons. The Hall–Kier alpha value is -2.11. The van der Waals surface area contributed by atoms with Gasteiger partial charge in [-0.1, -0.05) is 0 Å².